The fourth-order valence-corrected chi connectivity index (χ4v) is 0. The largest absolute Gasteiger partial charge is 3.00 e. The van der Waals surface area contributed by atoms with Crippen LogP contribution in [0.1, 0.15) is 6.92 Å². The van der Waals surface area contributed by atoms with Crippen molar-refractivity contribution in [2.45, 2.75) is 6.92 Å². The summed E-state index contributed by atoms with van der Waals surface area (Å²) in [5, 5.41) is 8.89. The van der Waals surface area contributed by atoms with E-state index in [9.17, 15) is 0 Å². The van der Waals surface area contributed by atoms with Gasteiger partial charge in [0.05, 0.1) is 0 Å². The SMILES string of the molecule is CC(=O)[O-].O.[Al+3]. The van der Waals surface area contributed by atoms with Gasteiger partial charge in [-0.25, -0.2) is 0 Å². The van der Waals surface area contributed by atoms with E-state index in [1.807, 2.05) is 0 Å². The van der Waals surface area contributed by atoms with Crippen LogP contribution in [0.15, 0.2) is 0 Å². The smallest absolute Gasteiger partial charge is 0.550 e. The molecule has 2 N–H and O–H groups in total. The van der Waals surface area contributed by atoms with Gasteiger partial charge >= 0.3 is 17.4 Å². The zero-order valence-electron chi connectivity index (χ0n) is 3.39. The first kappa shape index (κ1) is 16.7. The maximum Gasteiger partial charge on any atom is 3.00 e. The first-order valence-electron chi connectivity index (χ1n) is 0.908. The molecule has 0 bridgehead atoms. The number of carboxylic acids is 1. The molecule has 0 amide bonds. The molecule has 0 rings (SSSR count). The molecule has 0 fully saturated rings. The molecule has 4 heteroatoms. The molecule has 0 aromatic rings. The summed E-state index contributed by atoms with van der Waals surface area (Å²) >= 11 is 0. The van der Waals surface area contributed by atoms with Gasteiger partial charge in [0, 0.05) is 5.97 Å². The summed E-state index contributed by atoms with van der Waals surface area (Å²) in [7, 11) is 0. The van der Waals surface area contributed by atoms with Gasteiger partial charge < -0.3 is 15.4 Å². The summed E-state index contributed by atoms with van der Waals surface area (Å²) in [6.45, 7) is 0.972. The van der Waals surface area contributed by atoms with Crippen LogP contribution in [0.25, 0.3) is 0 Å². The average molecular weight is 104 g/mol. The maximum atomic E-state index is 8.89. The zero-order valence-corrected chi connectivity index (χ0v) is 4.55. The third-order valence-electron chi connectivity index (χ3n) is 0. The molecule has 0 saturated heterocycles. The molecule has 0 aliphatic rings. The minimum atomic E-state index is -1.08. The van der Waals surface area contributed by atoms with E-state index in [0.29, 0.717) is 0 Å². The number of carbonyl (C=O) groups is 1. The van der Waals surface area contributed by atoms with Crippen molar-refractivity contribution < 1.29 is 15.4 Å². The van der Waals surface area contributed by atoms with Crippen molar-refractivity contribution in [3.8, 4) is 0 Å². The Hall–Kier alpha value is -0.0375. The summed E-state index contributed by atoms with van der Waals surface area (Å²) < 4.78 is 0. The zero-order chi connectivity index (χ0) is 3.58. The predicted octanol–water partition coefficient (Wildman–Crippen LogP) is -2.45. The van der Waals surface area contributed by atoms with Gasteiger partial charge in [-0.2, -0.15) is 0 Å². The maximum absolute atomic E-state index is 8.89. The van der Waals surface area contributed by atoms with Crippen LogP contribution < -0.4 is 5.11 Å². The van der Waals surface area contributed by atoms with Gasteiger partial charge in [-0.05, 0) is 6.92 Å². The molecule has 6 heavy (non-hydrogen) atoms. The molecule has 0 heterocycles. The number of aliphatic carboxylic acids is 1. The molecule has 0 aromatic carbocycles. The Bertz CT molecular complexity index is 31.8. The summed E-state index contributed by atoms with van der Waals surface area (Å²) in [6.07, 6.45) is 0. The Balaban J connectivity index is -0.0000000450. The average Bonchev–Trinajstić information content (AvgIpc) is 0.811. The number of hydrogen-bond acceptors (Lipinski definition) is 2. The van der Waals surface area contributed by atoms with Crippen molar-refractivity contribution in [3.63, 3.8) is 0 Å². The molecule has 0 saturated carbocycles. The Kier molecular flexibility index (Phi) is 24.8. The fourth-order valence-electron chi connectivity index (χ4n) is 0. The van der Waals surface area contributed by atoms with Crippen LogP contribution in [0.4, 0.5) is 0 Å². The second-order valence-corrected chi connectivity index (χ2v) is 0.492. The van der Waals surface area contributed by atoms with Crippen molar-refractivity contribution in [1.29, 1.82) is 0 Å². The predicted molar refractivity (Wildman–Crippen MR) is 20.0 cm³/mol. The van der Waals surface area contributed by atoms with Gasteiger partial charge in [0.2, 0.25) is 0 Å². The molecule has 0 aliphatic heterocycles. The second-order valence-electron chi connectivity index (χ2n) is 0.492. The van der Waals surface area contributed by atoms with E-state index in [-0.39, 0.29) is 22.8 Å². The molecule has 32 valence electrons. The minimum absolute atomic E-state index is 0. The van der Waals surface area contributed by atoms with Crippen LogP contribution in [0.5, 0.6) is 0 Å². The summed E-state index contributed by atoms with van der Waals surface area (Å²) in [4.78, 5) is 8.89. The molecular formula is C2H5AlO3+2. The van der Waals surface area contributed by atoms with Crippen LogP contribution in [-0.4, -0.2) is 28.8 Å². The summed E-state index contributed by atoms with van der Waals surface area (Å²) in [5.74, 6) is -1.08. The quantitative estimate of drug-likeness (QED) is 0.320. The van der Waals surface area contributed by atoms with Crippen molar-refractivity contribution >= 4 is 23.3 Å². The van der Waals surface area contributed by atoms with Crippen LogP contribution >= 0.6 is 0 Å². The third-order valence-corrected chi connectivity index (χ3v) is 0. The Morgan fingerprint density at radius 2 is 1.67 bits per heavy atom. The summed E-state index contributed by atoms with van der Waals surface area (Å²) in [5.41, 5.74) is 0. The van der Waals surface area contributed by atoms with Gasteiger partial charge in [-0.1, -0.05) is 0 Å². The minimum Gasteiger partial charge on any atom is -0.550 e. The number of carbonyl (C=O) groups excluding carboxylic acids is 1. The third kappa shape index (κ3) is 24700. The fraction of sp³-hybridized carbons (Fsp3) is 0.500. The van der Waals surface area contributed by atoms with Crippen molar-refractivity contribution in [2.24, 2.45) is 0 Å². The van der Waals surface area contributed by atoms with Gasteiger partial charge in [0.25, 0.3) is 0 Å². The van der Waals surface area contributed by atoms with E-state index in [1.165, 1.54) is 0 Å². The number of hydrogen-bond donors (Lipinski definition) is 0. The van der Waals surface area contributed by atoms with E-state index in [1.54, 1.807) is 0 Å². The van der Waals surface area contributed by atoms with Gasteiger partial charge in [-0.15, -0.1) is 0 Å². The van der Waals surface area contributed by atoms with Crippen LogP contribution in [0, 0.1) is 0 Å². The van der Waals surface area contributed by atoms with Gasteiger partial charge in [0.1, 0.15) is 0 Å². The molecule has 0 atom stereocenters. The molecule has 0 aromatic heterocycles. The van der Waals surface area contributed by atoms with E-state index in [0.717, 1.165) is 6.92 Å². The molecule has 0 unspecified atom stereocenters. The summed E-state index contributed by atoms with van der Waals surface area (Å²) in [6, 6.07) is 0. The van der Waals surface area contributed by atoms with Crippen LogP contribution in [-0.2, 0) is 4.79 Å². The first-order valence-corrected chi connectivity index (χ1v) is 0.908. The van der Waals surface area contributed by atoms with Crippen LogP contribution in [0.3, 0.4) is 0 Å². The first-order chi connectivity index (χ1) is 1.73. The van der Waals surface area contributed by atoms with E-state index >= 15 is 0 Å². The topological polar surface area (TPSA) is 71.6 Å². The van der Waals surface area contributed by atoms with Gasteiger partial charge in [-0.3, -0.25) is 0 Å². The van der Waals surface area contributed by atoms with Crippen molar-refractivity contribution in [2.75, 3.05) is 0 Å². The molecule has 0 radical (unpaired) electrons. The van der Waals surface area contributed by atoms with Crippen molar-refractivity contribution in [1.82, 2.24) is 0 Å². The normalized spacial score (nSPS) is 4.17. The van der Waals surface area contributed by atoms with Gasteiger partial charge in [0.15, 0.2) is 0 Å². The van der Waals surface area contributed by atoms with E-state index in [2.05, 4.69) is 0 Å². The second kappa shape index (κ2) is 8.88. The molecule has 0 aliphatic carbocycles. The standard InChI is InChI=1S/C2H4O2.Al.H2O/c1-2(3)4;;/h1H3,(H,3,4);;1H2/q;+3;/p-1. The number of carboxylic acid groups (broad SMARTS) is 1. The Morgan fingerprint density at radius 3 is 1.67 bits per heavy atom. The monoisotopic (exact) mass is 104 g/mol. The number of rotatable bonds is 0. The van der Waals surface area contributed by atoms with E-state index < -0.39 is 5.97 Å². The molecular weight excluding hydrogens is 99.0 g/mol. The Labute approximate surface area is 46.4 Å². The molecule has 0 spiro atoms. The molecule has 3 nitrogen and oxygen atoms in total. The van der Waals surface area contributed by atoms with Crippen molar-refractivity contribution in [3.05, 3.63) is 0 Å². The Morgan fingerprint density at radius 1 is 1.67 bits per heavy atom. The van der Waals surface area contributed by atoms with E-state index in [4.69, 9.17) is 9.90 Å². The van der Waals surface area contributed by atoms with Crippen LogP contribution in [0.2, 0.25) is 0 Å².